The van der Waals surface area contributed by atoms with E-state index in [0.29, 0.717) is 43.6 Å². The number of hydrogen-bond acceptors (Lipinski definition) is 6. The molecule has 1 aliphatic rings. The first-order valence-corrected chi connectivity index (χ1v) is 12.6. The van der Waals surface area contributed by atoms with E-state index in [1.54, 1.807) is 34.9 Å². The fourth-order valence-electron chi connectivity index (χ4n) is 3.72. The Kier molecular flexibility index (Phi) is 7.73. The number of nitrogens with zero attached hydrogens (tertiary/aromatic N) is 4. The van der Waals surface area contributed by atoms with Gasteiger partial charge < -0.3 is 4.74 Å². The molecule has 0 N–H and O–H groups in total. The number of carbonyl (C=O) groups is 1. The Hall–Kier alpha value is -2.35. The van der Waals surface area contributed by atoms with Crippen LogP contribution in [0.4, 0.5) is 5.69 Å². The number of aromatic nitrogens is 3. The number of unbranched alkanes of at least 4 members (excludes halogenated alkanes) is 3. The second-order valence-corrected chi connectivity index (χ2v) is 9.52. The summed E-state index contributed by atoms with van der Waals surface area (Å²) in [7, 11) is 0. The van der Waals surface area contributed by atoms with E-state index in [0.717, 1.165) is 12.2 Å². The number of halogens is 2. The molecule has 0 saturated heterocycles. The molecule has 0 spiro atoms. The minimum Gasteiger partial charge on any atom is -0.447 e. The van der Waals surface area contributed by atoms with Gasteiger partial charge in [0, 0.05) is 23.8 Å². The topological polar surface area (TPSA) is 68.2 Å². The summed E-state index contributed by atoms with van der Waals surface area (Å²) in [5.41, 5.74) is 2.39. The van der Waals surface area contributed by atoms with E-state index in [9.17, 15) is 4.79 Å². The molecule has 2 heterocycles. The molecule has 0 aliphatic carbocycles. The Morgan fingerprint density at radius 2 is 1.91 bits per heavy atom. The van der Waals surface area contributed by atoms with E-state index in [1.807, 2.05) is 24.3 Å². The molecule has 6 nitrogen and oxygen atoms in total. The van der Waals surface area contributed by atoms with Crippen molar-refractivity contribution in [3.63, 3.8) is 0 Å². The van der Waals surface area contributed by atoms with Gasteiger partial charge in [0.05, 0.1) is 15.7 Å². The Balaban J connectivity index is 1.78. The summed E-state index contributed by atoms with van der Waals surface area (Å²) >= 11 is 14.4. The Labute approximate surface area is 207 Å². The third-order valence-corrected chi connectivity index (χ3v) is 7.09. The number of rotatable bonds is 7. The molecular formula is C24H24Cl2N4O2S. The molecule has 0 radical (unpaired) electrons. The monoisotopic (exact) mass is 502 g/mol. The van der Waals surface area contributed by atoms with Crippen LogP contribution in [-0.2, 0) is 4.79 Å². The predicted octanol–water partition coefficient (Wildman–Crippen LogP) is 6.96. The lowest BCUT2D eigenvalue weighted by molar-refractivity contribution is -0.118. The first kappa shape index (κ1) is 23.8. The smallest absolute Gasteiger partial charge is 0.247 e. The van der Waals surface area contributed by atoms with Gasteiger partial charge in [0.25, 0.3) is 0 Å². The van der Waals surface area contributed by atoms with E-state index in [2.05, 4.69) is 22.1 Å². The highest BCUT2D eigenvalue weighted by molar-refractivity contribution is 7.99. The van der Waals surface area contributed by atoms with Crippen molar-refractivity contribution >= 4 is 46.6 Å². The van der Waals surface area contributed by atoms with Crippen molar-refractivity contribution in [3.05, 3.63) is 58.1 Å². The second-order valence-electron chi connectivity index (χ2n) is 7.68. The lowest BCUT2D eigenvalue weighted by Gasteiger charge is -2.30. The summed E-state index contributed by atoms with van der Waals surface area (Å²) in [6, 6.07) is 12.7. The van der Waals surface area contributed by atoms with Crippen molar-refractivity contribution in [2.45, 2.75) is 50.9 Å². The number of carbonyl (C=O) groups excluding carboxylic acids is 1. The van der Waals surface area contributed by atoms with Gasteiger partial charge in [-0.05, 0) is 18.6 Å². The number of benzene rings is 2. The molecule has 2 aromatic carbocycles. The molecule has 1 atom stereocenters. The SMILES string of the molecule is CCCCCCSc1nnc2c(n1)OC(c1cccc(Cl)c1Cl)N(C(C)=O)c1ccccc1-2. The van der Waals surface area contributed by atoms with E-state index in [1.165, 1.54) is 26.2 Å². The summed E-state index contributed by atoms with van der Waals surface area (Å²) in [6.07, 6.45) is 3.80. The molecule has 1 aromatic heterocycles. The van der Waals surface area contributed by atoms with Crippen molar-refractivity contribution in [1.29, 1.82) is 0 Å². The van der Waals surface area contributed by atoms with Crippen LogP contribution in [0.25, 0.3) is 11.3 Å². The molecule has 33 heavy (non-hydrogen) atoms. The number of hydrogen-bond donors (Lipinski definition) is 0. The third kappa shape index (κ3) is 5.10. The summed E-state index contributed by atoms with van der Waals surface area (Å²) in [6.45, 7) is 3.67. The van der Waals surface area contributed by atoms with Gasteiger partial charge in [-0.3, -0.25) is 9.69 Å². The molecule has 1 unspecified atom stereocenters. The van der Waals surface area contributed by atoms with Crippen molar-refractivity contribution < 1.29 is 9.53 Å². The molecule has 9 heteroatoms. The largest absolute Gasteiger partial charge is 0.447 e. The zero-order valence-electron chi connectivity index (χ0n) is 18.4. The average Bonchev–Trinajstić information content (AvgIpc) is 2.95. The molecule has 0 fully saturated rings. The summed E-state index contributed by atoms with van der Waals surface area (Å²) in [4.78, 5) is 19.1. The van der Waals surface area contributed by atoms with Crippen LogP contribution in [0.5, 0.6) is 5.88 Å². The number of fused-ring (bicyclic) bond motifs is 3. The number of para-hydroxylation sites is 1. The predicted molar refractivity (Wildman–Crippen MR) is 133 cm³/mol. The van der Waals surface area contributed by atoms with E-state index in [4.69, 9.17) is 27.9 Å². The lowest BCUT2D eigenvalue weighted by atomic mass is 10.1. The fourth-order valence-corrected chi connectivity index (χ4v) is 4.90. The van der Waals surface area contributed by atoms with E-state index >= 15 is 0 Å². The minimum absolute atomic E-state index is 0.213. The van der Waals surface area contributed by atoms with Crippen LogP contribution in [0, 0.1) is 0 Å². The molecular weight excluding hydrogens is 479 g/mol. The zero-order valence-corrected chi connectivity index (χ0v) is 20.8. The molecule has 4 rings (SSSR count). The van der Waals surface area contributed by atoms with Crippen LogP contribution in [0.2, 0.25) is 10.0 Å². The molecule has 172 valence electrons. The van der Waals surface area contributed by atoms with Crippen LogP contribution in [0.15, 0.2) is 47.6 Å². The quantitative estimate of drug-likeness (QED) is 0.256. The fraction of sp³-hybridized carbons (Fsp3) is 0.333. The standard InChI is InChI=1S/C24H24Cl2N4O2S/c1-3-4-5-8-14-33-24-27-22-21(28-29-24)16-10-6-7-13-19(16)30(15(2)31)23(32-22)17-11-9-12-18(25)20(17)26/h6-7,9-13,23H,3-5,8,14H2,1-2H3. The minimum atomic E-state index is -0.866. The highest BCUT2D eigenvalue weighted by Gasteiger charge is 2.35. The highest BCUT2D eigenvalue weighted by Crippen LogP contribution is 2.45. The maximum atomic E-state index is 12.8. The maximum absolute atomic E-state index is 12.8. The van der Waals surface area contributed by atoms with Gasteiger partial charge in [0.1, 0.15) is 0 Å². The van der Waals surface area contributed by atoms with Crippen LogP contribution in [0.1, 0.15) is 51.3 Å². The van der Waals surface area contributed by atoms with Gasteiger partial charge in [0.2, 0.25) is 23.2 Å². The van der Waals surface area contributed by atoms with Gasteiger partial charge >= 0.3 is 0 Å². The summed E-state index contributed by atoms with van der Waals surface area (Å²) in [5, 5.41) is 10.0. The van der Waals surface area contributed by atoms with Gasteiger partial charge in [-0.15, -0.1) is 10.2 Å². The van der Waals surface area contributed by atoms with Crippen molar-refractivity contribution in [3.8, 4) is 17.1 Å². The Bertz CT molecular complexity index is 1160. The van der Waals surface area contributed by atoms with Gasteiger partial charge in [-0.1, -0.05) is 91.5 Å². The first-order valence-electron chi connectivity index (χ1n) is 10.9. The second kappa shape index (κ2) is 10.7. The average molecular weight is 503 g/mol. The van der Waals surface area contributed by atoms with Gasteiger partial charge in [-0.2, -0.15) is 4.98 Å². The Morgan fingerprint density at radius 3 is 2.70 bits per heavy atom. The summed E-state index contributed by atoms with van der Waals surface area (Å²) < 4.78 is 6.36. The molecule has 1 amide bonds. The number of thioether (sulfide) groups is 1. The van der Waals surface area contributed by atoms with E-state index in [-0.39, 0.29) is 5.91 Å². The molecule has 0 saturated carbocycles. The van der Waals surface area contributed by atoms with Crippen LogP contribution >= 0.6 is 35.0 Å². The van der Waals surface area contributed by atoms with Crippen molar-refractivity contribution in [1.82, 2.24) is 15.2 Å². The lowest BCUT2D eigenvalue weighted by Crippen LogP contribution is -2.36. The van der Waals surface area contributed by atoms with Crippen LogP contribution < -0.4 is 9.64 Å². The first-order chi connectivity index (χ1) is 16.0. The highest BCUT2D eigenvalue weighted by atomic mass is 35.5. The Morgan fingerprint density at radius 1 is 1.09 bits per heavy atom. The maximum Gasteiger partial charge on any atom is 0.247 e. The zero-order chi connectivity index (χ0) is 23.4. The number of anilines is 1. The van der Waals surface area contributed by atoms with Crippen molar-refractivity contribution in [2.75, 3.05) is 10.7 Å². The molecule has 0 bridgehead atoms. The van der Waals surface area contributed by atoms with Gasteiger partial charge in [-0.25, -0.2) is 0 Å². The van der Waals surface area contributed by atoms with Crippen LogP contribution in [-0.4, -0.2) is 26.8 Å². The third-order valence-electron chi connectivity index (χ3n) is 5.33. The number of ether oxygens (including phenoxy) is 1. The normalized spacial score (nSPS) is 14.8. The summed E-state index contributed by atoms with van der Waals surface area (Å²) in [5.74, 6) is 0.994. The van der Waals surface area contributed by atoms with Crippen molar-refractivity contribution in [2.24, 2.45) is 0 Å². The molecule has 1 aliphatic heterocycles. The van der Waals surface area contributed by atoms with Crippen LogP contribution in [0.3, 0.4) is 0 Å². The molecule has 3 aromatic rings. The van der Waals surface area contributed by atoms with E-state index < -0.39 is 6.23 Å². The van der Waals surface area contributed by atoms with Gasteiger partial charge in [0.15, 0.2) is 5.69 Å². The number of amides is 1.